The normalized spacial score (nSPS) is 17.8. The Morgan fingerprint density at radius 2 is 1.89 bits per heavy atom. The van der Waals surface area contributed by atoms with Crippen molar-refractivity contribution in [3.05, 3.63) is 35.4 Å². The molecule has 104 valence electrons. The second-order valence-electron chi connectivity index (χ2n) is 5.81. The van der Waals surface area contributed by atoms with E-state index in [1.54, 1.807) is 0 Å². The van der Waals surface area contributed by atoms with Gasteiger partial charge in [0.2, 0.25) is 5.91 Å². The lowest BCUT2D eigenvalue weighted by Crippen LogP contribution is -2.29. The number of carbonyl (C=O) groups is 1. The van der Waals surface area contributed by atoms with E-state index in [1.807, 2.05) is 18.2 Å². The third-order valence-corrected chi connectivity index (χ3v) is 4.08. The van der Waals surface area contributed by atoms with Gasteiger partial charge in [0, 0.05) is 12.1 Å². The molecule has 1 amide bonds. The van der Waals surface area contributed by atoms with Gasteiger partial charge in [-0.3, -0.25) is 4.79 Å². The zero-order valence-corrected chi connectivity index (χ0v) is 11.9. The van der Waals surface area contributed by atoms with E-state index in [9.17, 15) is 4.79 Å². The third kappa shape index (κ3) is 3.35. The first kappa shape index (κ1) is 14.1. The third-order valence-electron chi connectivity index (χ3n) is 4.08. The molecule has 0 bridgehead atoms. The van der Waals surface area contributed by atoms with Gasteiger partial charge in [0.15, 0.2) is 0 Å². The number of benzene rings is 1. The van der Waals surface area contributed by atoms with Gasteiger partial charge >= 0.3 is 0 Å². The van der Waals surface area contributed by atoms with Gasteiger partial charge in [0.1, 0.15) is 0 Å². The maximum Gasteiger partial charge on any atom is 0.248 e. The van der Waals surface area contributed by atoms with Crippen molar-refractivity contribution >= 4 is 5.91 Å². The van der Waals surface area contributed by atoms with Gasteiger partial charge in [0.25, 0.3) is 0 Å². The Labute approximate surface area is 115 Å². The SMILES string of the molecule is CC(C)C(CN1CCCC1)c1ccccc1C(N)=O. The number of nitrogens with two attached hydrogens (primary N) is 1. The van der Waals surface area contributed by atoms with Crippen LogP contribution < -0.4 is 5.73 Å². The first-order valence-electron chi connectivity index (χ1n) is 7.20. The minimum atomic E-state index is -0.317. The standard InChI is InChI=1S/C16H24N2O/c1-12(2)15(11-18-9-5-6-10-18)13-7-3-4-8-14(13)16(17)19/h3-4,7-8,12,15H,5-6,9-11H2,1-2H3,(H2,17,19). The summed E-state index contributed by atoms with van der Waals surface area (Å²) in [7, 11) is 0. The summed E-state index contributed by atoms with van der Waals surface area (Å²) in [6, 6.07) is 7.79. The number of rotatable bonds is 5. The number of carbonyl (C=O) groups excluding carboxylic acids is 1. The van der Waals surface area contributed by atoms with Crippen LogP contribution >= 0.6 is 0 Å². The van der Waals surface area contributed by atoms with Gasteiger partial charge in [-0.25, -0.2) is 0 Å². The van der Waals surface area contributed by atoms with E-state index in [4.69, 9.17) is 5.73 Å². The fraction of sp³-hybridized carbons (Fsp3) is 0.562. The Morgan fingerprint density at radius 1 is 1.26 bits per heavy atom. The van der Waals surface area contributed by atoms with Crippen molar-refractivity contribution in [3.63, 3.8) is 0 Å². The molecule has 3 heteroatoms. The molecule has 0 saturated carbocycles. The summed E-state index contributed by atoms with van der Waals surface area (Å²) in [4.78, 5) is 14.1. The zero-order chi connectivity index (χ0) is 13.8. The molecule has 1 heterocycles. The van der Waals surface area contributed by atoms with Gasteiger partial charge in [-0.1, -0.05) is 32.0 Å². The molecule has 1 aromatic carbocycles. The van der Waals surface area contributed by atoms with E-state index in [2.05, 4.69) is 24.8 Å². The summed E-state index contributed by atoms with van der Waals surface area (Å²) >= 11 is 0. The lowest BCUT2D eigenvalue weighted by Gasteiger charge is -2.28. The first-order valence-corrected chi connectivity index (χ1v) is 7.20. The van der Waals surface area contributed by atoms with Gasteiger partial charge in [-0.2, -0.15) is 0 Å². The van der Waals surface area contributed by atoms with Gasteiger partial charge in [-0.15, -0.1) is 0 Å². The molecule has 1 aliphatic heterocycles. The molecule has 0 spiro atoms. The quantitative estimate of drug-likeness (QED) is 0.884. The van der Waals surface area contributed by atoms with Crippen LogP contribution in [0.1, 0.15) is 48.5 Å². The first-order chi connectivity index (χ1) is 9.09. The number of hydrogen-bond donors (Lipinski definition) is 1. The van der Waals surface area contributed by atoms with Crippen LogP contribution in [-0.4, -0.2) is 30.4 Å². The molecule has 1 saturated heterocycles. The van der Waals surface area contributed by atoms with E-state index in [0.717, 1.165) is 12.1 Å². The molecule has 1 aromatic rings. The van der Waals surface area contributed by atoms with Crippen molar-refractivity contribution in [1.29, 1.82) is 0 Å². The topological polar surface area (TPSA) is 46.3 Å². The molecular formula is C16H24N2O. The number of hydrogen-bond acceptors (Lipinski definition) is 2. The maximum absolute atomic E-state index is 11.6. The zero-order valence-electron chi connectivity index (χ0n) is 11.9. The Bertz CT molecular complexity index is 436. The molecule has 3 nitrogen and oxygen atoms in total. The molecule has 2 N–H and O–H groups in total. The van der Waals surface area contributed by atoms with Gasteiger partial charge < -0.3 is 10.6 Å². The minimum Gasteiger partial charge on any atom is -0.366 e. The molecule has 2 rings (SSSR count). The lowest BCUT2D eigenvalue weighted by atomic mass is 9.85. The van der Waals surface area contributed by atoms with E-state index in [0.29, 0.717) is 17.4 Å². The summed E-state index contributed by atoms with van der Waals surface area (Å²) in [6.45, 7) is 7.84. The smallest absolute Gasteiger partial charge is 0.248 e. The highest BCUT2D eigenvalue weighted by molar-refractivity contribution is 5.94. The van der Waals surface area contributed by atoms with Crippen LogP contribution in [0.2, 0.25) is 0 Å². The second-order valence-corrected chi connectivity index (χ2v) is 5.81. The average molecular weight is 260 g/mol. The molecule has 1 fully saturated rings. The van der Waals surface area contributed by atoms with E-state index in [-0.39, 0.29) is 5.91 Å². The summed E-state index contributed by atoms with van der Waals surface area (Å²) in [6.07, 6.45) is 2.59. The van der Waals surface area contributed by atoms with Crippen LogP contribution in [0.5, 0.6) is 0 Å². The van der Waals surface area contributed by atoms with Crippen LogP contribution in [0.25, 0.3) is 0 Å². The number of amides is 1. The van der Waals surface area contributed by atoms with Crippen molar-refractivity contribution in [2.45, 2.75) is 32.6 Å². The number of likely N-dealkylation sites (tertiary alicyclic amines) is 1. The minimum absolute atomic E-state index is 0.317. The van der Waals surface area contributed by atoms with Crippen molar-refractivity contribution in [3.8, 4) is 0 Å². The Balaban J connectivity index is 2.25. The van der Waals surface area contributed by atoms with Crippen LogP contribution in [-0.2, 0) is 0 Å². The van der Waals surface area contributed by atoms with Crippen molar-refractivity contribution in [2.75, 3.05) is 19.6 Å². The van der Waals surface area contributed by atoms with Crippen LogP contribution in [0.15, 0.2) is 24.3 Å². The molecule has 1 aliphatic rings. The number of nitrogens with zero attached hydrogens (tertiary/aromatic N) is 1. The molecular weight excluding hydrogens is 236 g/mol. The Hall–Kier alpha value is -1.35. The monoisotopic (exact) mass is 260 g/mol. The van der Waals surface area contributed by atoms with E-state index >= 15 is 0 Å². The Morgan fingerprint density at radius 3 is 2.47 bits per heavy atom. The molecule has 19 heavy (non-hydrogen) atoms. The van der Waals surface area contributed by atoms with Crippen LogP contribution in [0.4, 0.5) is 0 Å². The highest BCUT2D eigenvalue weighted by Gasteiger charge is 2.24. The second kappa shape index (κ2) is 6.20. The molecule has 1 unspecified atom stereocenters. The summed E-state index contributed by atoms with van der Waals surface area (Å²) in [5.41, 5.74) is 7.30. The maximum atomic E-state index is 11.6. The lowest BCUT2D eigenvalue weighted by molar-refractivity contribution is 0.0998. The summed E-state index contributed by atoms with van der Waals surface area (Å²) in [5, 5.41) is 0. The van der Waals surface area contributed by atoms with Crippen molar-refractivity contribution in [2.24, 2.45) is 11.7 Å². The number of primary amides is 1. The highest BCUT2D eigenvalue weighted by Crippen LogP contribution is 2.29. The molecule has 0 radical (unpaired) electrons. The van der Waals surface area contributed by atoms with Crippen molar-refractivity contribution in [1.82, 2.24) is 4.90 Å². The highest BCUT2D eigenvalue weighted by atomic mass is 16.1. The van der Waals surface area contributed by atoms with Crippen molar-refractivity contribution < 1.29 is 4.79 Å². The van der Waals surface area contributed by atoms with E-state index < -0.39 is 0 Å². The fourth-order valence-electron chi connectivity index (χ4n) is 2.96. The Kier molecular flexibility index (Phi) is 4.59. The molecule has 0 aromatic heterocycles. The molecule has 0 aliphatic carbocycles. The largest absolute Gasteiger partial charge is 0.366 e. The predicted molar refractivity (Wildman–Crippen MR) is 78.2 cm³/mol. The van der Waals surface area contributed by atoms with Crippen LogP contribution in [0.3, 0.4) is 0 Å². The van der Waals surface area contributed by atoms with Gasteiger partial charge in [-0.05, 0) is 49.4 Å². The fourth-order valence-corrected chi connectivity index (χ4v) is 2.96. The predicted octanol–water partition coefficient (Wildman–Crippen LogP) is 2.62. The van der Waals surface area contributed by atoms with E-state index in [1.165, 1.54) is 25.9 Å². The molecule has 1 atom stereocenters. The average Bonchev–Trinajstić information content (AvgIpc) is 2.88. The van der Waals surface area contributed by atoms with Gasteiger partial charge in [0.05, 0.1) is 0 Å². The van der Waals surface area contributed by atoms with Crippen LogP contribution in [0, 0.1) is 5.92 Å². The summed E-state index contributed by atoms with van der Waals surface area (Å²) in [5.74, 6) is 0.561. The summed E-state index contributed by atoms with van der Waals surface area (Å²) < 4.78 is 0.